The highest BCUT2D eigenvalue weighted by atomic mass is 79.9. The second-order valence-electron chi connectivity index (χ2n) is 13.3. The zero-order chi connectivity index (χ0) is 32.4. The summed E-state index contributed by atoms with van der Waals surface area (Å²) in [4.78, 5) is 59.3. The summed E-state index contributed by atoms with van der Waals surface area (Å²) in [5.74, 6) is -3.11. The number of esters is 1. The molecule has 5 bridgehead atoms. The van der Waals surface area contributed by atoms with Gasteiger partial charge < -0.3 is 29.7 Å². The van der Waals surface area contributed by atoms with Crippen LogP contribution in [0.3, 0.4) is 0 Å². The fourth-order valence-corrected chi connectivity index (χ4v) is 7.78. The fourth-order valence-electron chi connectivity index (χ4n) is 7.05. The van der Waals surface area contributed by atoms with Gasteiger partial charge in [-0.2, -0.15) is 0 Å². The van der Waals surface area contributed by atoms with Crippen LogP contribution in [0.5, 0.6) is 0 Å². The van der Waals surface area contributed by atoms with Crippen LogP contribution in [0.1, 0.15) is 70.9 Å². The largest absolute Gasteiger partial charge is 0.463 e. The van der Waals surface area contributed by atoms with Crippen molar-refractivity contribution in [2.75, 3.05) is 26.3 Å². The molecule has 3 amide bonds. The third-order valence-electron chi connectivity index (χ3n) is 9.24. The molecule has 4 heterocycles. The minimum Gasteiger partial charge on any atom is -0.463 e. The van der Waals surface area contributed by atoms with E-state index >= 15 is 0 Å². The van der Waals surface area contributed by atoms with Crippen molar-refractivity contribution >= 4 is 39.6 Å². The van der Waals surface area contributed by atoms with E-state index < -0.39 is 47.1 Å². The van der Waals surface area contributed by atoms with Gasteiger partial charge in [0.05, 0.1) is 17.9 Å². The molecular formula is C34H44BrN3O7. The Kier molecular flexibility index (Phi) is 10.2. The van der Waals surface area contributed by atoms with E-state index in [-0.39, 0.29) is 44.0 Å². The van der Waals surface area contributed by atoms with Crippen molar-refractivity contribution in [2.24, 2.45) is 11.8 Å². The van der Waals surface area contributed by atoms with Crippen LogP contribution in [0.15, 0.2) is 53.0 Å². The molecule has 6 atom stereocenters. The van der Waals surface area contributed by atoms with Gasteiger partial charge >= 0.3 is 5.97 Å². The molecule has 1 aromatic carbocycles. The van der Waals surface area contributed by atoms with Gasteiger partial charge in [-0.1, -0.05) is 71.3 Å². The van der Waals surface area contributed by atoms with Crippen LogP contribution in [0.4, 0.5) is 0 Å². The molecule has 5 rings (SSSR count). The van der Waals surface area contributed by atoms with Crippen LogP contribution in [0.2, 0.25) is 0 Å². The van der Waals surface area contributed by atoms with Gasteiger partial charge in [0.2, 0.25) is 17.7 Å². The number of cyclic esters (lactones) is 1. The molecule has 1 spiro atoms. The molecule has 0 aliphatic carbocycles. The normalized spacial score (nSPS) is 31.5. The summed E-state index contributed by atoms with van der Waals surface area (Å²) in [6.45, 7) is 6.51. The first-order chi connectivity index (χ1) is 21.5. The molecule has 0 radical (unpaired) electrons. The first kappa shape index (κ1) is 33.3. The molecule has 2 fully saturated rings. The Morgan fingerprint density at radius 3 is 2.47 bits per heavy atom. The lowest BCUT2D eigenvalue weighted by Crippen LogP contribution is -2.59. The Bertz CT molecular complexity index is 1340. The van der Waals surface area contributed by atoms with Crippen LogP contribution in [0, 0.1) is 11.8 Å². The summed E-state index contributed by atoms with van der Waals surface area (Å²) >= 11 is 3.62. The van der Waals surface area contributed by atoms with Crippen LogP contribution in [-0.2, 0) is 28.7 Å². The Morgan fingerprint density at radius 1 is 1.02 bits per heavy atom. The SMILES string of the molecule is CC(C)(C)N1C/C=C\CCC(=O)OC[C@H](c2ccccc2)NC(=O)[C@H]2[C@@H]3O[C@@]4(C=C3Br)[C@@H]2C(=O)N(CCCCCCO)[C@@H]4C1=O. The lowest BCUT2D eigenvalue weighted by atomic mass is 9.73. The first-order valence-corrected chi connectivity index (χ1v) is 16.7. The van der Waals surface area contributed by atoms with Crippen molar-refractivity contribution in [1.29, 1.82) is 0 Å². The van der Waals surface area contributed by atoms with Crippen LogP contribution < -0.4 is 5.32 Å². The van der Waals surface area contributed by atoms with Crippen LogP contribution in [0.25, 0.3) is 0 Å². The summed E-state index contributed by atoms with van der Waals surface area (Å²) in [5.41, 5.74) is -1.15. The van der Waals surface area contributed by atoms with Crippen molar-refractivity contribution in [2.45, 2.75) is 88.6 Å². The molecule has 2 saturated heterocycles. The van der Waals surface area contributed by atoms with Crippen molar-refractivity contribution < 1.29 is 33.8 Å². The Labute approximate surface area is 273 Å². The van der Waals surface area contributed by atoms with Gasteiger partial charge in [-0.05, 0) is 51.7 Å². The summed E-state index contributed by atoms with van der Waals surface area (Å²) in [5, 5.41) is 12.3. The van der Waals surface area contributed by atoms with Gasteiger partial charge in [-0.3, -0.25) is 19.2 Å². The van der Waals surface area contributed by atoms with E-state index in [2.05, 4.69) is 21.2 Å². The number of unbranched alkanes of at least 4 members (excludes halogenated alkanes) is 3. The lowest BCUT2D eigenvalue weighted by molar-refractivity contribution is -0.150. The first-order valence-electron chi connectivity index (χ1n) is 15.9. The minimum atomic E-state index is -1.32. The van der Waals surface area contributed by atoms with Crippen LogP contribution in [-0.4, -0.2) is 88.2 Å². The second kappa shape index (κ2) is 13.8. The standard InChI is InChI=1S/C34H44BrN3O7/c1-33(2,3)38-18-12-7-10-16-25(40)44-21-24(22-14-8-6-9-15-22)36-30(41)26-27-31(42)37(17-11-4-5-13-19-39)29(32(38)43)34(27)20-23(35)28(26)45-34/h6-9,12,14-15,20,24,26-29,39H,4-5,10-11,13,16-19,21H2,1-3H3,(H,36,41)/b12-7-/t24-,26-,27+,28-,29-,34+/m1/s1. The van der Waals surface area contributed by atoms with E-state index in [0.717, 1.165) is 18.4 Å². The molecule has 244 valence electrons. The van der Waals surface area contributed by atoms with Gasteiger partial charge in [-0.25, -0.2) is 0 Å². The van der Waals surface area contributed by atoms with Crippen molar-refractivity contribution in [1.82, 2.24) is 15.1 Å². The maximum atomic E-state index is 14.7. The highest BCUT2D eigenvalue weighted by Crippen LogP contribution is 2.58. The highest BCUT2D eigenvalue weighted by molar-refractivity contribution is 9.11. The number of halogens is 1. The summed E-state index contributed by atoms with van der Waals surface area (Å²) in [6, 6.07) is 7.68. The van der Waals surface area contributed by atoms with E-state index in [1.54, 1.807) is 9.80 Å². The number of hydrogen-bond donors (Lipinski definition) is 2. The number of fused-ring (bicyclic) bond motifs is 2. The zero-order valence-corrected chi connectivity index (χ0v) is 27.8. The summed E-state index contributed by atoms with van der Waals surface area (Å²) in [7, 11) is 0. The van der Waals surface area contributed by atoms with E-state index in [9.17, 15) is 24.3 Å². The molecule has 0 saturated carbocycles. The van der Waals surface area contributed by atoms with Crippen molar-refractivity contribution in [3.63, 3.8) is 0 Å². The number of aliphatic hydroxyl groups excluding tert-OH is 1. The zero-order valence-electron chi connectivity index (χ0n) is 26.2. The molecule has 45 heavy (non-hydrogen) atoms. The topological polar surface area (TPSA) is 125 Å². The smallest absolute Gasteiger partial charge is 0.306 e. The fraction of sp³-hybridized carbons (Fsp3) is 0.588. The Balaban J connectivity index is 1.56. The minimum absolute atomic E-state index is 0.0593. The third kappa shape index (κ3) is 6.62. The number of hydrogen-bond acceptors (Lipinski definition) is 7. The van der Waals surface area contributed by atoms with Gasteiger partial charge in [0.25, 0.3) is 0 Å². The molecule has 4 aliphatic heterocycles. The number of amides is 3. The number of carbonyl (C=O) groups excluding carboxylic acids is 4. The van der Waals surface area contributed by atoms with Crippen molar-refractivity contribution in [3.05, 3.63) is 58.6 Å². The quantitative estimate of drug-likeness (QED) is 0.254. The highest BCUT2D eigenvalue weighted by Gasteiger charge is 2.74. The molecular weight excluding hydrogens is 642 g/mol. The molecule has 11 heteroatoms. The van der Waals surface area contributed by atoms with Gasteiger partial charge in [0, 0.05) is 36.1 Å². The lowest BCUT2D eigenvalue weighted by Gasteiger charge is -2.41. The number of likely N-dealkylation sites (tertiary alicyclic amines) is 1. The molecule has 1 aromatic rings. The summed E-state index contributed by atoms with van der Waals surface area (Å²) < 4.78 is 12.9. The number of allylic oxidation sites excluding steroid dienone is 1. The van der Waals surface area contributed by atoms with Gasteiger partial charge in [0.15, 0.2) is 0 Å². The maximum absolute atomic E-state index is 14.7. The van der Waals surface area contributed by atoms with Gasteiger partial charge in [-0.15, -0.1) is 0 Å². The number of nitrogens with one attached hydrogen (secondary N) is 1. The number of ether oxygens (including phenoxy) is 2. The number of rotatable bonds is 7. The van der Waals surface area contributed by atoms with Crippen molar-refractivity contribution in [3.8, 4) is 0 Å². The Hall–Kier alpha value is -3.02. The number of carbonyl (C=O) groups is 4. The average molecular weight is 687 g/mol. The predicted octanol–water partition coefficient (Wildman–Crippen LogP) is 3.79. The summed E-state index contributed by atoms with van der Waals surface area (Å²) in [6.07, 6.45) is 8.37. The molecule has 10 nitrogen and oxygen atoms in total. The number of nitrogens with zero attached hydrogens (tertiary/aromatic N) is 2. The second-order valence-corrected chi connectivity index (χ2v) is 14.2. The maximum Gasteiger partial charge on any atom is 0.306 e. The van der Waals surface area contributed by atoms with E-state index in [4.69, 9.17) is 9.47 Å². The molecule has 4 aliphatic rings. The van der Waals surface area contributed by atoms with Crippen LogP contribution >= 0.6 is 15.9 Å². The van der Waals surface area contributed by atoms with E-state index in [1.807, 2.05) is 69.3 Å². The predicted molar refractivity (Wildman–Crippen MR) is 171 cm³/mol. The number of aliphatic hydroxyl groups is 1. The third-order valence-corrected chi connectivity index (χ3v) is 9.92. The molecule has 2 N–H and O–H groups in total. The molecule has 0 unspecified atom stereocenters. The molecule has 0 aromatic heterocycles. The van der Waals surface area contributed by atoms with E-state index in [1.165, 1.54) is 0 Å². The monoisotopic (exact) mass is 685 g/mol. The Morgan fingerprint density at radius 2 is 1.76 bits per heavy atom. The van der Waals surface area contributed by atoms with Gasteiger partial charge in [0.1, 0.15) is 24.4 Å². The number of benzene rings is 1. The van der Waals surface area contributed by atoms with E-state index in [0.29, 0.717) is 30.3 Å². The average Bonchev–Trinajstić information content (AvgIpc) is 3.59.